The van der Waals surface area contributed by atoms with Crippen molar-refractivity contribution in [1.82, 2.24) is 10.2 Å². The Morgan fingerprint density at radius 1 is 1.29 bits per heavy atom. The van der Waals surface area contributed by atoms with Gasteiger partial charge in [0.25, 0.3) is 0 Å². The quantitative estimate of drug-likeness (QED) is 0.727. The summed E-state index contributed by atoms with van der Waals surface area (Å²) in [5, 5.41) is 3.43. The van der Waals surface area contributed by atoms with Crippen molar-refractivity contribution in [3.05, 3.63) is 0 Å². The zero-order valence-electron chi connectivity index (χ0n) is 9.17. The average Bonchev–Trinajstić information content (AvgIpc) is 2.68. The first-order valence-corrected chi connectivity index (χ1v) is 5.87. The number of piperidine rings is 1. The highest BCUT2D eigenvalue weighted by molar-refractivity contribution is 4.87. The van der Waals surface area contributed by atoms with E-state index < -0.39 is 0 Å². The van der Waals surface area contributed by atoms with Gasteiger partial charge in [-0.3, -0.25) is 4.90 Å². The van der Waals surface area contributed by atoms with Crippen LogP contribution in [0.2, 0.25) is 0 Å². The molecule has 0 spiro atoms. The molecule has 2 rings (SSSR count). The van der Waals surface area contributed by atoms with Crippen molar-refractivity contribution < 1.29 is 4.74 Å². The van der Waals surface area contributed by atoms with Crippen molar-refractivity contribution in [2.24, 2.45) is 0 Å². The van der Waals surface area contributed by atoms with Crippen molar-refractivity contribution in [3.63, 3.8) is 0 Å². The Hall–Kier alpha value is -0.120. The van der Waals surface area contributed by atoms with Crippen molar-refractivity contribution in [2.75, 3.05) is 33.4 Å². The average molecular weight is 198 g/mol. The van der Waals surface area contributed by atoms with Gasteiger partial charge in [0.15, 0.2) is 0 Å². The van der Waals surface area contributed by atoms with Crippen LogP contribution in [0.4, 0.5) is 0 Å². The summed E-state index contributed by atoms with van der Waals surface area (Å²) in [4.78, 5) is 2.68. The highest BCUT2D eigenvalue weighted by Crippen LogP contribution is 2.24. The van der Waals surface area contributed by atoms with Crippen molar-refractivity contribution in [1.29, 1.82) is 0 Å². The van der Waals surface area contributed by atoms with Gasteiger partial charge in [-0.1, -0.05) is 0 Å². The summed E-state index contributed by atoms with van der Waals surface area (Å²) in [5.74, 6) is 0. The number of nitrogens with one attached hydrogen (secondary N) is 1. The Balaban J connectivity index is 1.87. The predicted molar refractivity (Wildman–Crippen MR) is 57.5 cm³/mol. The number of methoxy groups -OCH3 is 1. The summed E-state index contributed by atoms with van der Waals surface area (Å²) >= 11 is 0. The normalized spacial score (nSPS) is 31.1. The minimum atomic E-state index is 0.697. The lowest BCUT2D eigenvalue weighted by atomic mass is 10.0. The van der Waals surface area contributed by atoms with Gasteiger partial charge in [-0.25, -0.2) is 0 Å². The maximum absolute atomic E-state index is 5.29. The van der Waals surface area contributed by atoms with Crippen LogP contribution < -0.4 is 5.32 Å². The van der Waals surface area contributed by atoms with Crippen LogP contribution in [0, 0.1) is 0 Å². The standard InChI is InChI=1S/C11H22N2O/c1-14-9-11-3-2-8-13(11)10-4-6-12-7-5-10/h10-12H,2-9H2,1H3/t11-/m1/s1. The molecule has 2 aliphatic rings. The van der Waals surface area contributed by atoms with Gasteiger partial charge in [-0.05, 0) is 45.3 Å². The van der Waals surface area contributed by atoms with E-state index in [9.17, 15) is 0 Å². The first-order valence-electron chi connectivity index (χ1n) is 5.87. The summed E-state index contributed by atoms with van der Waals surface area (Å²) in [6, 6.07) is 1.52. The summed E-state index contributed by atoms with van der Waals surface area (Å²) in [7, 11) is 1.82. The fourth-order valence-electron chi connectivity index (χ4n) is 2.85. The molecule has 14 heavy (non-hydrogen) atoms. The van der Waals surface area contributed by atoms with Crippen LogP contribution in [-0.4, -0.2) is 50.3 Å². The van der Waals surface area contributed by atoms with Gasteiger partial charge in [0.2, 0.25) is 0 Å². The van der Waals surface area contributed by atoms with Gasteiger partial charge >= 0.3 is 0 Å². The SMILES string of the molecule is COC[C@H]1CCCN1C1CCNCC1. The van der Waals surface area contributed by atoms with Crippen molar-refractivity contribution >= 4 is 0 Å². The molecule has 0 aromatic heterocycles. The minimum Gasteiger partial charge on any atom is -0.383 e. The fourth-order valence-corrected chi connectivity index (χ4v) is 2.85. The van der Waals surface area contributed by atoms with Crippen LogP contribution in [0.15, 0.2) is 0 Å². The Kier molecular flexibility index (Phi) is 3.79. The predicted octanol–water partition coefficient (Wildman–Crippen LogP) is 0.849. The minimum absolute atomic E-state index is 0.697. The molecular weight excluding hydrogens is 176 g/mol. The summed E-state index contributed by atoms with van der Waals surface area (Å²) in [5.41, 5.74) is 0. The molecule has 2 heterocycles. The van der Waals surface area contributed by atoms with E-state index in [0.717, 1.165) is 12.6 Å². The molecule has 3 nitrogen and oxygen atoms in total. The third-order valence-electron chi connectivity index (χ3n) is 3.56. The van der Waals surface area contributed by atoms with E-state index in [4.69, 9.17) is 4.74 Å². The van der Waals surface area contributed by atoms with Crippen LogP contribution in [0.5, 0.6) is 0 Å². The number of hydrogen-bond acceptors (Lipinski definition) is 3. The van der Waals surface area contributed by atoms with E-state index in [0.29, 0.717) is 6.04 Å². The smallest absolute Gasteiger partial charge is 0.0618 e. The van der Waals surface area contributed by atoms with Gasteiger partial charge < -0.3 is 10.1 Å². The molecule has 0 radical (unpaired) electrons. The van der Waals surface area contributed by atoms with Gasteiger partial charge in [-0.15, -0.1) is 0 Å². The molecule has 1 N–H and O–H groups in total. The molecule has 0 unspecified atom stereocenters. The Morgan fingerprint density at radius 2 is 2.07 bits per heavy atom. The van der Waals surface area contributed by atoms with Crippen LogP contribution in [0.1, 0.15) is 25.7 Å². The number of rotatable bonds is 3. The Labute approximate surface area is 86.8 Å². The first kappa shape index (κ1) is 10.4. The van der Waals surface area contributed by atoms with Gasteiger partial charge in [-0.2, -0.15) is 0 Å². The zero-order chi connectivity index (χ0) is 9.80. The molecular formula is C11H22N2O. The largest absolute Gasteiger partial charge is 0.383 e. The summed E-state index contributed by atoms with van der Waals surface area (Å²) < 4.78 is 5.29. The van der Waals surface area contributed by atoms with Crippen LogP contribution in [0.3, 0.4) is 0 Å². The molecule has 2 saturated heterocycles. The molecule has 0 aromatic rings. The van der Waals surface area contributed by atoms with Crippen LogP contribution >= 0.6 is 0 Å². The topological polar surface area (TPSA) is 24.5 Å². The van der Waals surface area contributed by atoms with Crippen molar-refractivity contribution in [3.8, 4) is 0 Å². The molecule has 2 aliphatic heterocycles. The second-order valence-corrected chi connectivity index (χ2v) is 4.47. The fraction of sp³-hybridized carbons (Fsp3) is 1.00. The molecule has 82 valence electrons. The van der Waals surface area contributed by atoms with Crippen LogP contribution in [-0.2, 0) is 4.74 Å². The van der Waals surface area contributed by atoms with Gasteiger partial charge in [0.05, 0.1) is 6.61 Å². The highest BCUT2D eigenvalue weighted by Gasteiger charge is 2.30. The van der Waals surface area contributed by atoms with Crippen LogP contribution in [0.25, 0.3) is 0 Å². The maximum atomic E-state index is 5.29. The van der Waals surface area contributed by atoms with E-state index >= 15 is 0 Å². The molecule has 0 amide bonds. The van der Waals surface area contributed by atoms with E-state index in [1.807, 2.05) is 7.11 Å². The first-order chi connectivity index (χ1) is 6.92. The monoisotopic (exact) mass is 198 g/mol. The molecule has 0 saturated carbocycles. The lowest BCUT2D eigenvalue weighted by Crippen LogP contribution is -2.46. The Morgan fingerprint density at radius 3 is 2.79 bits per heavy atom. The Bertz CT molecular complexity index is 169. The third kappa shape index (κ3) is 2.27. The number of likely N-dealkylation sites (tertiary alicyclic amines) is 1. The number of ether oxygens (including phenoxy) is 1. The zero-order valence-corrected chi connectivity index (χ0v) is 9.17. The highest BCUT2D eigenvalue weighted by atomic mass is 16.5. The van der Waals surface area contributed by atoms with Crippen molar-refractivity contribution in [2.45, 2.75) is 37.8 Å². The van der Waals surface area contributed by atoms with E-state index in [1.54, 1.807) is 0 Å². The molecule has 1 atom stereocenters. The lowest BCUT2D eigenvalue weighted by Gasteiger charge is -2.35. The van der Waals surface area contributed by atoms with E-state index in [-0.39, 0.29) is 0 Å². The molecule has 3 heteroatoms. The second-order valence-electron chi connectivity index (χ2n) is 4.47. The molecule has 0 bridgehead atoms. The van der Waals surface area contributed by atoms with Gasteiger partial charge in [0, 0.05) is 19.2 Å². The lowest BCUT2D eigenvalue weighted by molar-refractivity contribution is 0.0775. The summed E-state index contributed by atoms with van der Waals surface area (Å²) in [6.45, 7) is 4.60. The molecule has 2 fully saturated rings. The van der Waals surface area contributed by atoms with E-state index in [2.05, 4.69) is 10.2 Å². The number of nitrogens with zero attached hydrogens (tertiary/aromatic N) is 1. The van der Waals surface area contributed by atoms with Gasteiger partial charge in [0.1, 0.15) is 0 Å². The van der Waals surface area contributed by atoms with E-state index in [1.165, 1.54) is 45.3 Å². The number of hydrogen-bond donors (Lipinski definition) is 1. The maximum Gasteiger partial charge on any atom is 0.0618 e. The third-order valence-corrected chi connectivity index (χ3v) is 3.56. The molecule has 0 aromatic carbocycles. The molecule has 0 aliphatic carbocycles. The second kappa shape index (κ2) is 5.10. The summed E-state index contributed by atoms with van der Waals surface area (Å²) in [6.07, 6.45) is 5.33.